The monoisotopic (exact) mass is 349 g/mol. The predicted molar refractivity (Wildman–Crippen MR) is 107 cm³/mol. The van der Waals surface area contributed by atoms with Gasteiger partial charge >= 0.3 is 5.97 Å². The number of carbonyl (C=O) groups excluding carboxylic acids is 1. The SMILES string of the molecule is CCCCC/C=C\C/C=C\CCCCCCCC(=O)O[C@H]1CCNC1. The summed E-state index contributed by atoms with van der Waals surface area (Å²) < 4.78 is 5.41. The third-order valence-electron chi connectivity index (χ3n) is 4.64. The molecule has 0 radical (unpaired) electrons. The minimum absolute atomic E-state index is 0.0145. The number of unbranched alkanes of at least 4 members (excludes halogenated alkanes) is 8. The fourth-order valence-electron chi connectivity index (χ4n) is 3.05. The quantitative estimate of drug-likeness (QED) is 0.234. The molecule has 1 heterocycles. The summed E-state index contributed by atoms with van der Waals surface area (Å²) in [6, 6.07) is 0. The van der Waals surface area contributed by atoms with Crippen LogP contribution in [0.3, 0.4) is 0 Å². The summed E-state index contributed by atoms with van der Waals surface area (Å²) in [6.45, 7) is 4.05. The van der Waals surface area contributed by atoms with Gasteiger partial charge in [-0.2, -0.15) is 0 Å². The van der Waals surface area contributed by atoms with E-state index in [0.29, 0.717) is 6.42 Å². The number of esters is 1. The average Bonchev–Trinajstić information content (AvgIpc) is 3.11. The predicted octanol–water partition coefficient (Wildman–Crippen LogP) is 5.71. The fourth-order valence-corrected chi connectivity index (χ4v) is 3.05. The summed E-state index contributed by atoms with van der Waals surface area (Å²) >= 11 is 0. The van der Waals surface area contributed by atoms with Gasteiger partial charge in [-0.15, -0.1) is 0 Å². The number of allylic oxidation sites excluding steroid dienone is 4. The van der Waals surface area contributed by atoms with Gasteiger partial charge in [0.05, 0.1) is 0 Å². The van der Waals surface area contributed by atoms with Gasteiger partial charge in [-0.3, -0.25) is 4.79 Å². The van der Waals surface area contributed by atoms with E-state index in [4.69, 9.17) is 4.74 Å². The fraction of sp³-hybridized carbons (Fsp3) is 0.773. The maximum Gasteiger partial charge on any atom is 0.306 e. The second-order valence-corrected chi connectivity index (χ2v) is 7.09. The van der Waals surface area contributed by atoms with Crippen molar-refractivity contribution >= 4 is 5.97 Å². The molecule has 1 N–H and O–H groups in total. The van der Waals surface area contributed by atoms with Crippen molar-refractivity contribution in [2.75, 3.05) is 13.1 Å². The van der Waals surface area contributed by atoms with E-state index in [2.05, 4.69) is 36.5 Å². The molecule has 0 amide bonds. The molecule has 1 aliphatic rings. The molecular formula is C22H39NO2. The maximum atomic E-state index is 11.7. The molecule has 0 bridgehead atoms. The zero-order chi connectivity index (χ0) is 18.0. The van der Waals surface area contributed by atoms with E-state index in [0.717, 1.165) is 38.8 Å². The molecule has 1 aliphatic heterocycles. The van der Waals surface area contributed by atoms with Crippen LogP contribution in [0.1, 0.15) is 90.4 Å². The normalized spacial score (nSPS) is 17.7. The standard InChI is InChI=1S/C22H39NO2/c1-2-3-4-5-6-7-8-9-10-11-12-13-14-15-16-17-22(24)25-21-18-19-23-20-21/h6-7,9-10,21,23H,2-5,8,11-20H2,1H3/b7-6-,10-9-/t21-/m0/s1. The summed E-state index contributed by atoms with van der Waals surface area (Å²) in [5, 5.41) is 3.21. The molecule has 0 aromatic carbocycles. The second kappa shape index (κ2) is 16.4. The van der Waals surface area contributed by atoms with E-state index in [9.17, 15) is 4.79 Å². The van der Waals surface area contributed by atoms with E-state index < -0.39 is 0 Å². The molecule has 3 nitrogen and oxygen atoms in total. The zero-order valence-electron chi connectivity index (χ0n) is 16.3. The molecule has 25 heavy (non-hydrogen) atoms. The van der Waals surface area contributed by atoms with Gasteiger partial charge in [-0.1, -0.05) is 63.3 Å². The van der Waals surface area contributed by atoms with Crippen LogP contribution in [0, 0.1) is 0 Å². The van der Waals surface area contributed by atoms with Crippen LogP contribution in [0.2, 0.25) is 0 Å². The van der Waals surface area contributed by atoms with Crippen LogP contribution in [0.4, 0.5) is 0 Å². The van der Waals surface area contributed by atoms with Crippen LogP contribution in [0.15, 0.2) is 24.3 Å². The third-order valence-corrected chi connectivity index (χ3v) is 4.64. The first kappa shape index (κ1) is 22.0. The maximum absolute atomic E-state index is 11.7. The van der Waals surface area contributed by atoms with Crippen molar-refractivity contribution in [1.29, 1.82) is 0 Å². The van der Waals surface area contributed by atoms with Crippen LogP contribution in [0.25, 0.3) is 0 Å². The highest BCUT2D eigenvalue weighted by Crippen LogP contribution is 2.10. The third kappa shape index (κ3) is 13.8. The minimum Gasteiger partial charge on any atom is -0.461 e. The highest BCUT2D eigenvalue weighted by Gasteiger charge is 2.18. The lowest BCUT2D eigenvalue weighted by molar-refractivity contribution is -0.148. The Morgan fingerprint density at radius 3 is 2.32 bits per heavy atom. The van der Waals surface area contributed by atoms with E-state index in [1.165, 1.54) is 51.4 Å². The summed E-state index contributed by atoms with van der Waals surface area (Å²) in [7, 11) is 0. The first-order chi connectivity index (χ1) is 12.3. The zero-order valence-corrected chi connectivity index (χ0v) is 16.3. The number of hydrogen-bond donors (Lipinski definition) is 1. The van der Waals surface area contributed by atoms with Crippen LogP contribution < -0.4 is 5.32 Å². The number of carbonyl (C=O) groups is 1. The Bertz CT molecular complexity index is 370. The molecule has 1 saturated heterocycles. The van der Waals surface area contributed by atoms with Crippen molar-refractivity contribution in [2.24, 2.45) is 0 Å². The summed E-state index contributed by atoms with van der Waals surface area (Å²) in [5.74, 6) is -0.0145. The number of hydrogen-bond acceptors (Lipinski definition) is 3. The van der Waals surface area contributed by atoms with Crippen LogP contribution in [0.5, 0.6) is 0 Å². The van der Waals surface area contributed by atoms with Crippen molar-refractivity contribution in [2.45, 2.75) is 96.5 Å². The molecule has 1 atom stereocenters. The largest absolute Gasteiger partial charge is 0.461 e. The van der Waals surface area contributed by atoms with Crippen LogP contribution in [-0.2, 0) is 9.53 Å². The van der Waals surface area contributed by atoms with Crippen molar-refractivity contribution in [3.05, 3.63) is 24.3 Å². The van der Waals surface area contributed by atoms with Crippen molar-refractivity contribution in [1.82, 2.24) is 5.32 Å². The Kier molecular flexibility index (Phi) is 14.4. The molecule has 1 rings (SSSR count). The van der Waals surface area contributed by atoms with Gasteiger partial charge in [0.25, 0.3) is 0 Å². The van der Waals surface area contributed by atoms with Crippen molar-refractivity contribution in [3.8, 4) is 0 Å². The molecule has 144 valence electrons. The van der Waals surface area contributed by atoms with Crippen molar-refractivity contribution in [3.63, 3.8) is 0 Å². The lowest BCUT2D eigenvalue weighted by Gasteiger charge is -2.10. The van der Waals surface area contributed by atoms with Gasteiger partial charge in [0, 0.05) is 13.0 Å². The molecule has 3 heteroatoms. The van der Waals surface area contributed by atoms with Crippen LogP contribution in [-0.4, -0.2) is 25.2 Å². The molecule has 0 saturated carbocycles. The van der Waals surface area contributed by atoms with E-state index in [1.807, 2.05) is 0 Å². The van der Waals surface area contributed by atoms with Crippen molar-refractivity contribution < 1.29 is 9.53 Å². The number of nitrogens with one attached hydrogen (secondary N) is 1. The Balaban J connectivity index is 1.80. The lowest BCUT2D eigenvalue weighted by atomic mass is 10.1. The van der Waals surface area contributed by atoms with E-state index in [1.54, 1.807) is 0 Å². The van der Waals surface area contributed by atoms with Crippen LogP contribution >= 0.6 is 0 Å². The Hall–Kier alpha value is -1.09. The lowest BCUT2D eigenvalue weighted by Crippen LogP contribution is -2.20. The van der Waals surface area contributed by atoms with Gasteiger partial charge in [-0.05, 0) is 51.5 Å². The molecule has 0 spiro atoms. The van der Waals surface area contributed by atoms with Gasteiger partial charge in [-0.25, -0.2) is 0 Å². The van der Waals surface area contributed by atoms with E-state index in [-0.39, 0.29) is 12.1 Å². The highest BCUT2D eigenvalue weighted by atomic mass is 16.5. The molecule has 0 unspecified atom stereocenters. The molecular weight excluding hydrogens is 310 g/mol. The number of rotatable bonds is 15. The Morgan fingerprint density at radius 1 is 0.960 bits per heavy atom. The second-order valence-electron chi connectivity index (χ2n) is 7.09. The summed E-state index contributed by atoms with van der Waals surface area (Å²) in [5.41, 5.74) is 0. The average molecular weight is 350 g/mol. The Morgan fingerprint density at radius 2 is 1.64 bits per heavy atom. The summed E-state index contributed by atoms with van der Waals surface area (Å²) in [6.07, 6.45) is 24.2. The first-order valence-corrected chi connectivity index (χ1v) is 10.5. The molecule has 0 aromatic heterocycles. The number of ether oxygens (including phenoxy) is 1. The first-order valence-electron chi connectivity index (χ1n) is 10.5. The molecule has 0 aromatic rings. The van der Waals surface area contributed by atoms with Gasteiger partial charge in [0.1, 0.15) is 6.10 Å². The van der Waals surface area contributed by atoms with Gasteiger partial charge in [0.2, 0.25) is 0 Å². The van der Waals surface area contributed by atoms with E-state index >= 15 is 0 Å². The topological polar surface area (TPSA) is 38.3 Å². The molecule has 1 fully saturated rings. The molecule has 0 aliphatic carbocycles. The smallest absolute Gasteiger partial charge is 0.306 e. The van der Waals surface area contributed by atoms with Gasteiger partial charge in [0.15, 0.2) is 0 Å². The Labute approximate surface area is 155 Å². The van der Waals surface area contributed by atoms with Gasteiger partial charge < -0.3 is 10.1 Å². The summed E-state index contributed by atoms with van der Waals surface area (Å²) in [4.78, 5) is 11.7. The highest BCUT2D eigenvalue weighted by molar-refractivity contribution is 5.69. The minimum atomic E-state index is -0.0145.